The Morgan fingerprint density at radius 3 is 2.67 bits per heavy atom. The molecule has 3 rings (SSSR count). The van der Waals surface area contributed by atoms with Gasteiger partial charge in [0.2, 0.25) is 5.91 Å². The molecule has 1 amide bonds. The maximum absolute atomic E-state index is 11.9. The summed E-state index contributed by atoms with van der Waals surface area (Å²) in [5, 5.41) is 3.17. The summed E-state index contributed by atoms with van der Waals surface area (Å²) in [6, 6.07) is 2.72. The molecule has 0 bridgehead atoms. The third kappa shape index (κ3) is 2.43. The average molecular weight is 247 g/mol. The molecule has 18 heavy (non-hydrogen) atoms. The molecule has 4 nitrogen and oxygen atoms in total. The summed E-state index contributed by atoms with van der Waals surface area (Å²) >= 11 is 0. The number of aromatic nitrogens is 1. The molecule has 2 aliphatic carbocycles. The van der Waals surface area contributed by atoms with Crippen LogP contribution in [0.25, 0.3) is 0 Å². The van der Waals surface area contributed by atoms with Crippen molar-refractivity contribution in [1.29, 1.82) is 0 Å². The summed E-state index contributed by atoms with van der Waals surface area (Å²) in [5.41, 5.74) is 7.02. The highest BCUT2D eigenvalue weighted by atomic mass is 16.1. The minimum absolute atomic E-state index is 0.142. The fraction of sp³-hybridized carbons (Fsp3) is 0.643. The number of hydrogen-bond donors (Lipinski definition) is 3. The molecule has 4 N–H and O–H groups in total. The molecule has 0 aromatic carbocycles. The van der Waals surface area contributed by atoms with E-state index in [0.717, 1.165) is 43.1 Å². The topological polar surface area (TPSA) is 70.9 Å². The molecular weight excluding hydrogens is 226 g/mol. The number of nitrogens with one attached hydrogen (secondary N) is 2. The second-order valence-corrected chi connectivity index (χ2v) is 5.88. The number of nitrogens with two attached hydrogens (primary N) is 1. The quantitative estimate of drug-likeness (QED) is 0.751. The van der Waals surface area contributed by atoms with Gasteiger partial charge in [0.1, 0.15) is 0 Å². The van der Waals surface area contributed by atoms with Crippen LogP contribution < -0.4 is 11.1 Å². The van der Waals surface area contributed by atoms with Gasteiger partial charge in [-0.25, -0.2) is 0 Å². The van der Waals surface area contributed by atoms with Gasteiger partial charge in [0.15, 0.2) is 0 Å². The summed E-state index contributed by atoms with van der Waals surface area (Å²) < 4.78 is 0. The van der Waals surface area contributed by atoms with Crippen LogP contribution >= 0.6 is 0 Å². The fourth-order valence-corrected chi connectivity index (χ4v) is 3.71. The van der Waals surface area contributed by atoms with E-state index in [-0.39, 0.29) is 5.91 Å². The molecule has 0 aliphatic heterocycles. The lowest BCUT2D eigenvalue weighted by Gasteiger charge is -2.14. The molecule has 2 unspecified atom stereocenters. The molecular formula is C14H21N3O. The number of aromatic amines is 1. The molecule has 1 heterocycles. The number of carbonyl (C=O) groups is 1. The number of carbonyl (C=O) groups excluding carboxylic acids is 1. The monoisotopic (exact) mass is 247 g/mol. The van der Waals surface area contributed by atoms with Gasteiger partial charge in [0.25, 0.3) is 0 Å². The van der Waals surface area contributed by atoms with Gasteiger partial charge in [-0.15, -0.1) is 0 Å². The van der Waals surface area contributed by atoms with E-state index in [1.54, 1.807) is 0 Å². The molecule has 0 spiro atoms. The fourth-order valence-electron chi connectivity index (χ4n) is 3.71. The van der Waals surface area contributed by atoms with Crippen molar-refractivity contribution in [2.45, 2.75) is 44.2 Å². The Morgan fingerprint density at radius 2 is 2.06 bits per heavy atom. The lowest BCUT2D eigenvalue weighted by Crippen LogP contribution is -2.34. The summed E-state index contributed by atoms with van der Waals surface area (Å²) in [6.07, 6.45) is 8.75. The van der Waals surface area contributed by atoms with Crippen LogP contribution in [0.3, 0.4) is 0 Å². The average Bonchev–Trinajstić information content (AvgIpc) is 2.94. The molecule has 2 atom stereocenters. The van der Waals surface area contributed by atoms with Crippen LogP contribution in [-0.4, -0.2) is 23.0 Å². The van der Waals surface area contributed by atoms with Crippen LogP contribution in [0.4, 0.5) is 0 Å². The highest BCUT2D eigenvalue weighted by Crippen LogP contribution is 2.43. The molecule has 0 radical (unpaired) electrons. The zero-order chi connectivity index (χ0) is 12.5. The summed E-state index contributed by atoms with van der Waals surface area (Å²) in [7, 11) is 0. The Kier molecular flexibility index (Phi) is 3.12. The standard InChI is InChI=1S/C14H21N3O/c15-12-4-10-6-13(7-11(10)5-12)17-14(18)3-9-1-2-16-8-9/h1-2,8,10-13,16H,3-7,15H2,(H,17,18). The van der Waals surface area contributed by atoms with Gasteiger partial charge in [-0.3, -0.25) is 4.79 Å². The Morgan fingerprint density at radius 1 is 1.33 bits per heavy atom. The predicted molar refractivity (Wildman–Crippen MR) is 69.9 cm³/mol. The Bertz CT molecular complexity index is 401. The Labute approximate surface area is 107 Å². The summed E-state index contributed by atoms with van der Waals surface area (Å²) in [6.45, 7) is 0. The number of fused-ring (bicyclic) bond motifs is 1. The smallest absolute Gasteiger partial charge is 0.224 e. The normalized spacial score (nSPS) is 34.5. The first kappa shape index (κ1) is 11.8. The van der Waals surface area contributed by atoms with E-state index in [2.05, 4.69) is 10.3 Å². The van der Waals surface area contributed by atoms with Crippen LogP contribution in [-0.2, 0) is 11.2 Å². The van der Waals surface area contributed by atoms with Gasteiger partial charge in [0, 0.05) is 24.5 Å². The number of hydrogen-bond acceptors (Lipinski definition) is 2. The van der Waals surface area contributed by atoms with Crippen molar-refractivity contribution >= 4 is 5.91 Å². The second kappa shape index (κ2) is 4.76. The molecule has 0 saturated heterocycles. The minimum Gasteiger partial charge on any atom is -0.367 e. The second-order valence-electron chi connectivity index (χ2n) is 5.88. The zero-order valence-electron chi connectivity index (χ0n) is 10.6. The van der Waals surface area contributed by atoms with E-state index < -0.39 is 0 Å². The van der Waals surface area contributed by atoms with Gasteiger partial charge < -0.3 is 16.0 Å². The maximum Gasteiger partial charge on any atom is 0.224 e. The van der Waals surface area contributed by atoms with Crippen molar-refractivity contribution in [3.63, 3.8) is 0 Å². The first-order valence-corrected chi connectivity index (χ1v) is 6.87. The number of rotatable bonds is 3. The first-order valence-electron chi connectivity index (χ1n) is 6.87. The van der Waals surface area contributed by atoms with Crippen molar-refractivity contribution < 1.29 is 4.79 Å². The molecule has 98 valence electrons. The van der Waals surface area contributed by atoms with Crippen molar-refractivity contribution in [2.24, 2.45) is 17.6 Å². The highest BCUT2D eigenvalue weighted by molar-refractivity contribution is 5.78. The number of amides is 1. The van der Waals surface area contributed by atoms with Gasteiger partial charge in [0.05, 0.1) is 6.42 Å². The molecule has 2 fully saturated rings. The van der Waals surface area contributed by atoms with Crippen molar-refractivity contribution in [2.75, 3.05) is 0 Å². The third-order valence-corrected chi connectivity index (χ3v) is 4.44. The van der Waals surface area contributed by atoms with E-state index >= 15 is 0 Å². The molecule has 2 aliphatic rings. The van der Waals surface area contributed by atoms with Crippen LogP contribution in [0.2, 0.25) is 0 Å². The van der Waals surface area contributed by atoms with Crippen LogP contribution in [0, 0.1) is 11.8 Å². The lowest BCUT2D eigenvalue weighted by molar-refractivity contribution is -0.121. The molecule has 4 heteroatoms. The third-order valence-electron chi connectivity index (χ3n) is 4.44. The van der Waals surface area contributed by atoms with Gasteiger partial charge in [-0.2, -0.15) is 0 Å². The van der Waals surface area contributed by atoms with Crippen LogP contribution in [0.5, 0.6) is 0 Å². The largest absolute Gasteiger partial charge is 0.367 e. The van der Waals surface area contributed by atoms with Crippen LogP contribution in [0.1, 0.15) is 31.2 Å². The minimum atomic E-state index is 0.142. The Hall–Kier alpha value is -1.29. The Balaban J connectivity index is 1.48. The van der Waals surface area contributed by atoms with Gasteiger partial charge >= 0.3 is 0 Å². The predicted octanol–water partition coefficient (Wildman–Crippen LogP) is 1.19. The first-order chi connectivity index (χ1) is 8.70. The van der Waals surface area contributed by atoms with Gasteiger partial charge in [-0.1, -0.05) is 0 Å². The van der Waals surface area contributed by atoms with Crippen molar-refractivity contribution in [3.05, 3.63) is 24.0 Å². The van der Waals surface area contributed by atoms with Crippen LogP contribution in [0.15, 0.2) is 18.5 Å². The summed E-state index contributed by atoms with van der Waals surface area (Å²) in [5.74, 6) is 1.64. The van der Waals surface area contributed by atoms with E-state index in [0.29, 0.717) is 18.5 Å². The van der Waals surface area contributed by atoms with E-state index in [1.165, 1.54) is 0 Å². The van der Waals surface area contributed by atoms with E-state index in [1.807, 2.05) is 18.5 Å². The van der Waals surface area contributed by atoms with E-state index in [4.69, 9.17) is 5.73 Å². The van der Waals surface area contributed by atoms with E-state index in [9.17, 15) is 4.79 Å². The molecule has 2 saturated carbocycles. The number of H-pyrrole nitrogens is 1. The van der Waals surface area contributed by atoms with Crippen molar-refractivity contribution in [3.8, 4) is 0 Å². The highest BCUT2D eigenvalue weighted by Gasteiger charge is 2.40. The SMILES string of the molecule is NC1CC2CC(NC(=O)Cc3cc[nH]c3)CC2C1. The zero-order valence-corrected chi connectivity index (χ0v) is 10.6. The summed E-state index contributed by atoms with van der Waals surface area (Å²) in [4.78, 5) is 14.9. The lowest BCUT2D eigenvalue weighted by atomic mass is 10.0. The van der Waals surface area contributed by atoms with Gasteiger partial charge in [-0.05, 0) is 49.1 Å². The molecule has 1 aromatic heterocycles. The maximum atomic E-state index is 11.9. The molecule has 1 aromatic rings. The van der Waals surface area contributed by atoms with Crippen molar-refractivity contribution in [1.82, 2.24) is 10.3 Å².